The Morgan fingerprint density at radius 2 is 1.40 bits per heavy atom. The second-order valence-corrected chi connectivity index (χ2v) is 12.3. The number of allylic oxidation sites excluding steroid dienone is 2. The third-order valence-electron chi connectivity index (χ3n) is 9.35. The van der Waals surface area contributed by atoms with Crippen LogP contribution in [0.5, 0.6) is 0 Å². The summed E-state index contributed by atoms with van der Waals surface area (Å²) in [7, 11) is 1.50. The lowest BCUT2D eigenvalue weighted by atomic mass is 9.68. The van der Waals surface area contributed by atoms with Crippen LogP contribution in [0.25, 0.3) is 0 Å². The highest BCUT2D eigenvalue weighted by atomic mass is 16.6. The van der Waals surface area contributed by atoms with Crippen molar-refractivity contribution in [1.29, 1.82) is 0 Å². The van der Waals surface area contributed by atoms with Crippen LogP contribution in [0, 0.1) is 10.1 Å². The maximum absolute atomic E-state index is 13.7. The van der Waals surface area contributed by atoms with Gasteiger partial charge < -0.3 is 24.4 Å². The van der Waals surface area contributed by atoms with Crippen LogP contribution in [0.15, 0.2) is 107 Å². The molecule has 2 heterocycles. The van der Waals surface area contributed by atoms with Gasteiger partial charge in [0.25, 0.3) is 5.69 Å². The molecular weight excluding hydrogens is 610 g/mol. The van der Waals surface area contributed by atoms with E-state index in [0.29, 0.717) is 23.4 Å². The SMILES string of the molecule is COCCOC(=O)C1=C(C)NC(C)=C(C(=O)OCCCN2CCC(c3ccccc3)(c3ccccc3)CC2)C1c1cccc([N+](=O)[O-])c1. The van der Waals surface area contributed by atoms with Gasteiger partial charge in [0.05, 0.1) is 35.2 Å². The van der Waals surface area contributed by atoms with Gasteiger partial charge in [-0.2, -0.15) is 0 Å². The monoisotopic (exact) mass is 653 g/mol. The van der Waals surface area contributed by atoms with Gasteiger partial charge in [0.2, 0.25) is 0 Å². The molecule has 0 amide bonds. The van der Waals surface area contributed by atoms with Crippen LogP contribution >= 0.6 is 0 Å². The third-order valence-corrected chi connectivity index (χ3v) is 9.35. The molecule has 3 aromatic rings. The normalized spacial score (nSPS) is 17.9. The number of piperidine rings is 1. The van der Waals surface area contributed by atoms with Crippen LogP contribution in [0.1, 0.15) is 55.7 Å². The van der Waals surface area contributed by atoms with Crippen molar-refractivity contribution < 1.29 is 28.7 Å². The molecule has 1 atom stereocenters. The molecule has 10 nitrogen and oxygen atoms in total. The van der Waals surface area contributed by atoms with Gasteiger partial charge in [0.15, 0.2) is 0 Å². The number of nitrogens with zero attached hydrogens (tertiary/aromatic N) is 2. The summed E-state index contributed by atoms with van der Waals surface area (Å²) in [5.74, 6) is -2.14. The van der Waals surface area contributed by atoms with E-state index in [2.05, 4.69) is 70.9 Å². The molecule has 48 heavy (non-hydrogen) atoms. The number of ether oxygens (including phenoxy) is 3. The summed E-state index contributed by atoms with van der Waals surface area (Å²) in [5, 5.41) is 14.8. The second-order valence-electron chi connectivity index (χ2n) is 12.3. The zero-order valence-electron chi connectivity index (χ0n) is 27.8. The van der Waals surface area contributed by atoms with E-state index in [1.807, 2.05) is 0 Å². The topological polar surface area (TPSA) is 120 Å². The highest BCUT2D eigenvalue weighted by Gasteiger charge is 2.39. The smallest absolute Gasteiger partial charge is 0.336 e. The molecule has 10 heteroatoms. The van der Waals surface area contributed by atoms with Gasteiger partial charge >= 0.3 is 11.9 Å². The molecule has 0 bridgehead atoms. The standard InChI is InChI=1S/C38H43N3O7/c1-27-33(35(29-12-10-17-32(26-29)41(44)45)34(28(2)39-27)37(43)48-25-24-46-3)36(42)47-23-11-20-40-21-18-38(19-22-40,30-13-6-4-7-14-30)31-15-8-5-9-16-31/h4-10,12-17,26,35,39H,11,18-25H2,1-3H3. The molecule has 0 radical (unpaired) electrons. The number of non-ortho nitro benzene ring substituents is 1. The van der Waals surface area contributed by atoms with Crippen LogP contribution < -0.4 is 5.32 Å². The molecule has 0 spiro atoms. The zero-order chi connectivity index (χ0) is 34.1. The summed E-state index contributed by atoms with van der Waals surface area (Å²) < 4.78 is 16.3. The van der Waals surface area contributed by atoms with Crippen molar-refractivity contribution in [3.63, 3.8) is 0 Å². The van der Waals surface area contributed by atoms with E-state index in [4.69, 9.17) is 14.2 Å². The summed E-state index contributed by atoms with van der Waals surface area (Å²) in [4.78, 5) is 40.6. The minimum Gasteiger partial charge on any atom is -0.462 e. The number of carbonyl (C=O) groups is 2. The molecule has 1 fully saturated rings. The molecule has 252 valence electrons. The summed E-state index contributed by atoms with van der Waals surface area (Å²) in [6, 6.07) is 27.4. The van der Waals surface area contributed by atoms with E-state index in [0.717, 1.165) is 32.5 Å². The fourth-order valence-corrected chi connectivity index (χ4v) is 6.93. The maximum Gasteiger partial charge on any atom is 0.336 e. The van der Waals surface area contributed by atoms with E-state index in [9.17, 15) is 19.7 Å². The number of likely N-dealkylation sites (tertiary alicyclic amines) is 1. The van der Waals surface area contributed by atoms with Crippen LogP contribution in [0.4, 0.5) is 5.69 Å². The number of carbonyl (C=O) groups excluding carboxylic acids is 2. The average molecular weight is 654 g/mol. The Balaban J connectivity index is 1.26. The van der Waals surface area contributed by atoms with E-state index >= 15 is 0 Å². The second kappa shape index (κ2) is 15.9. The quantitative estimate of drug-likeness (QED) is 0.102. The van der Waals surface area contributed by atoms with Gasteiger partial charge in [-0.3, -0.25) is 10.1 Å². The van der Waals surface area contributed by atoms with E-state index < -0.39 is 22.8 Å². The molecule has 2 aliphatic rings. The lowest BCUT2D eigenvalue weighted by Crippen LogP contribution is -2.43. The van der Waals surface area contributed by atoms with Crippen molar-refractivity contribution in [2.24, 2.45) is 0 Å². The average Bonchev–Trinajstić information content (AvgIpc) is 3.11. The summed E-state index contributed by atoms with van der Waals surface area (Å²) in [6.45, 7) is 6.46. The predicted octanol–water partition coefficient (Wildman–Crippen LogP) is 6.03. The summed E-state index contributed by atoms with van der Waals surface area (Å²) in [5.41, 5.74) is 4.31. The Morgan fingerprint density at radius 3 is 1.94 bits per heavy atom. The predicted molar refractivity (Wildman–Crippen MR) is 182 cm³/mol. The summed E-state index contributed by atoms with van der Waals surface area (Å²) >= 11 is 0. The lowest BCUT2D eigenvalue weighted by Gasteiger charge is -2.43. The number of nitro benzene ring substituents is 1. The number of hydrogen-bond donors (Lipinski definition) is 1. The first kappa shape index (κ1) is 34.5. The number of methoxy groups -OCH3 is 1. The van der Waals surface area contributed by atoms with Gasteiger partial charge in [-0.1, -0.05) is 72.8 Å². The first-order valence-corrected chi connectivity index (χ1v) is 16.3. The lowest BCUT2D eigenvalue weighted by molar-refractivity contribution is -0.384. The van der Waals surface area contributed by atoms with E-state index in [1.165, 1.54) is 30.4 Å². The van der Waals surface area contributed by atoms with Gasteiger partial charge in [-0.25, -0.2) is 9.59 Å². The molecular formula is C38H43N3O7. The van der Waals surface area contributed by atoms with Crippen molar-refractivity contribution in [3.05, 3.63) is 134 Å². The first-order chi connectivity index (χ1) is 23.2. The maximum atomic E-state index is 13.7. The number of nitrogens with one attached hydrogen (secondary N) is 1. The van der Waals surface area contributed by atoms with Gasteiger partial charge in [-0.05, 0) is 62.9 Å². The van der Waals surface area contributed by atoms with Crippen LogP contribution in [-0.2, 0) is 29.2 Å². The fraction of sp³-hybridized carbons (Fsp3) is 0.368. The molecule has 2 aliphatic heterocycles. The number of benzene rings is 3. The molecule has 0 saturated carbocycles. The van der Waals surface area contributed by atoms with E-state index in [-0.39, 0.29) is 42.1 Å². The number of dihydropyridines is 1. The molecule has 3 aromatic carbocycles. The molecule has 1 unspecified atom stereocenters. The fourth-order valence-electron chi connectivity index (χ4n) is 6.93. The number of esters is 2. The molecule has 1 N–H and O–H groups in total. The molecule has 0 aliphatic carbocycles. The first-order valence-electron chi connectivity index (χ1n) is 16.3. The number of rotatable bonds is 13. The van der Waals surface area contributed by atoms with Gasteiger partial charge in [-0.15, -0.1) is 0 Å². The zero-order valence-corrected chi connectivity index (χ0v) is 27.8. The Labute approximate surface area is 281 Å². The summed E-state index contributed by atoms with van der Waals surface area (Å²) in [6.07, 6.45) is 2.61. The Morgan fingerprint density at radius 1 is 0.833 bits per heavy atom. The van der Waals surface area contributed by atoms with Gasteiger partial charge in [0, 0.05) is 42.6 Å². The molecule has 5 rings (SSSR count). The van der Waals surface area contributed by atoms with Crippen molar-refractivity contribution in [3.8, 4) is 0 Å². The van der Waals surface area contributed by atoms with Crippen molar-refractivity contribution >= 4 is 17.6 Å². The van der Waals surface area contributed by atoms with E-state index in [1.54, 1.807) is 26.0 Å². The minimum atomic E-state index is -0.917. The van der Waals surface area contributed by atoms with Crippen LogP contribution in [0.2, 0.25) is 0 Å². The number of nitro groups is 1. The highest BCUT2D eigenvalue weighted by molar-refractivity contribution is 6.00. The third kappa shape index (κ3) is 7.67. The van der Waals surface area contributed by atoms with Gasteiger partial charge in [0.1, 0.15) is 6.61 Å². The largest absolute Gasteiger partial charge is 0.462 e. The van der Waals surface area contributed by atoms with Crippen molar-refractivity contribution in [1.82, 2.24) is 10.2 Å². The number of hydrogen-bond acceptors (Lipinski definition) is 9. The highest BCUT2D eigenvalue weighted by Crippen LogP contribution is 2.42. The van der Waals surface area contributed by atoms with Crippen molar-refractivity contribution in [2.45, 2.75) is 44.4 Å². The van der Waals surface area contributed by atoms with Crippen LogP contribution in [0.3, 0.4) is 0 Å². The molecule has 1 saturated heterocycles. The Kier molecular flexibility index (Phi) is 11.4. The Bertz CT molecular complexity index is 1620. The van der Waals surface area contributed by atoms with Crippen LogP contribution in [-0.4, -0.2) is 68.3 Å². The minimum absolute atomic E-state index is 0.0184. The van der Waals surface area contributed by atoms with Crippen molar-refractivity contribution in [2.75, 3.05) is 46.6 Å². The Hall–Kier alpha value is -4.80. The molecule has 0 aromatic heterocycles.